The molecule has 2 rings (SSSR count). The molecule has 0 amide bonds. The molecule has 0 bridgehead atoms. The maximum Gasteiger partial charge on any atom is 0.226 e. The predicted molar refractivity (Wildman–Crippen MR) is 133 cm³/mol. The van der Waals surface area contributed by atoms with Crippen LogP contribution in [0.5, 0.6) is 0 Å². The molecule has 31 heavy (non-hydrogen) atoms. The summed E-state index contributed by atoms with van der Waals surface area (Å²) in [6.45, 7) is 20.6. The number of aromatic nitrogens is 3. The molecule has 2 aromatic rings. The van der Waals surface area contributed by atoms with Gasteiger partial charge in [0.15, 0.2) is 0 Å². The topological polar surface area (TPSA) is 62.7 Å². The molecule has 0 aliphatic heterocycles. The van der Waals surface area contributed by atoms with Gasteiger partial charge in [0.1, 0.15) is 11.6 Å². The van der Waals surface area contributed by atoms with Crippen LogP contribution in [0.3, 0.4) is 0 Å². The summed E-state index contributed by atoms with van der Waals surface area (Å²) in [7, 11) is 0. The van der Waals surface area contributed by atoms with Gasteiger partial charge in [-0.05, 0) is 50.3 Å². The predicted octanol–water partition coefficient (Wildman–Crippen LogP) is 6.85. The molecule has 2 N–H and O–H groups in total. The zero-order valence-corrected chi connectivity index (χ0v) is 21.2. The molecule has 0 aliphatic carbocycles. The Hall–Kier alpha value is -2.17. The summed E-state index contributed by atoms with van der Waals surface area (Å²) in [4.78, 5) is 14.5. The van der Waals surface area contributed by atoms with E-state index in [9.17, 15) is 0 Å². The Labute approximate surface area is 189 Å². The fourth-order valence-corrected chi connectivity index (χ4v) is 3.09. The number of benzene rings is 1. The summed E-state index contributed by atoms with van der Waals surface area (Å²) in [6.07, 6.45) is 4.12. The molecule has 5 heteroatoms. The highest BCUT2D eigenvalue weighted by molar-refractivity contribution is 5.48. The van der Waals surface area contributed by atoms with E-state index in [0.29, 0.717) is 12.5 Å². The van der Waals surface area contributed by atoms with Crippen LogP contribution in [0.15, 0.2) is 24.3 Å². The van der Waals surface area contributed by atoms with Crippen molar-refractivity contribution >= 4 is 11.6 Å². The molecule has 0 atom stereocenters. The molecule has 0 spiro atoms. The standard InChI is InChI=1S/C26H43N5/c1-10-24(5,6)21-28-22(25(7,8)11-2)30-23(29-21)27-18-19-15-14-16-20(17-19)31-26(9,12-3)13-4/h14-17,31H,10-13,18H2,1-9H3,(H,27,28,29,30). The van der Waals surface area contributed by atoms with Crippen LogP contribution in [0.4, 0.5) is 11.6 Å². The summed E-state index contributed by atoms with van der Waals surface area (Å²) in [5.74, 6) is 2.38. The van der Waals surface area contributed by atoms with Gasteiger partial charge in [-0.2, -0.15) is 9.97 Å². The van der Waals surface area contributed by atoms with E-state index < -0.39 is 0 Å². The Kier molecular flexibility index (Phi) is 8.07. The summed E-state index contributed by atoms with van der Waals surface area (Å²) in [6, 6.07) is 8.60. The molecule has 0 saturated carbocycles. The Morgan fingerprint density at radius 2 is 1.29 bits per heavy atom. The molecule has 0 radical (unpaired) electrons. The molecule has 1 heterocycles. The monoisotopic (exact) mass is 425 g/mol. The largest absolute Gasteiger partial charge is 0.380 e. The summed E-state index contributed by atoms with van der Waals surface area (Å²) in [5, 5.41) is 7.16. The van der Waals surface area contributed by atoms with E-state index in [1.807, 2.05) is 0 Å². The second kappa shape index (κ2) is 9.97. The lowest BCUT2D eigenvalue weighted by molar-refractivity contribution is 0.434. The Balaban J connectivity index is 2.28. The third kappa shape index (κ3) is 6.41. The van der Waals surface area contributed by atoms with Gasteiger partial charge in [-0.15, -0.1) is 0 Å². The van der Waals surface area contributed by atoms with Crippen LogP contribution < -0.4 is 10.6 Å². The van der Waals surface area contributed by atoms with Crippen molar-refractivity contribution in [1.29, 1.82) is 0 Å². The van der Waals surface area contributed by atoms with Crippen LogP contribution in [-0.4, -0.2) is 20.5 Å². The highest BCUT2D eigenvalue weighted by Gasteiger charge is 2.28. The Bertz CT molecular complexity index is 818. The van der Waals surface area contributed by atoms with E-state index in [-0.39, 0.29) is 16.4 Å². The van der Waals surface area contributed by atoms with Crippen LogP contribution in [0, 0.1) is 0 Å². The Morgan fingerprint density at radius 3 is 1.77 bits per heavy atom. The zero-order valence-electron chi connectivity index (χ0n) is 21.2. The fourth-order valence-electron chi connectivity index (χ4n) is 3.09. The van der Waals surface area contributed by atoms with Gasteiger partial charge in [0, 0.05) is 28.6 Å². The first-order chi connectivity index (χ1) is 14.5. The van der Waals surface area contributed by atoms with Crippen LogP contribution in [0.1, 0.15) is 105 Å². The van der Waals surface area contributed by atoms with Crippen molar-refractivity contribution in [3.8, 4) is 0 Å². The highest BCUT2D eigenvalue weighted by atomic mass is 15.2. The summed E-state index contributed by atoms with van der Waals surface area (Å²) < 4.78 is 0. The van der Waals surface area contributed by atoms with Gasteiger partial charge in [-0.1, -0.05) is 67.5 Å². The van der Waals surface area contributed by atoms with Gasteiger partial charge in [0.2, 0.25) is 5.95 Å². The summed E-state index contributed by atoms with van der Waals surface area (Å²) >= 11 is 0. The minimum absolute atomic E-state index is 0.0907. The molecule has 0 aliphatic rings. The zero-order chi connectivity index (χ0) is 23.3. The number of hydrogen-bond acceptors (Lipinski definition) is 5. The minimum Gasteiger partial charge on any atom is -0.380 e. The van der Waals surface area contributed by atoms with Crippen molar-refractivity contribution < 1.29 is 0 Å². The molecule has 1 aromatic heterocycles. The van der Waals surface area contributed by atoms with E-state index in [1.165, 1.54) is 5.56 Å². The van der Waals surface area contributed by atoms with E-state index >= 15 is 0 Å². The first-order valence-corrected chi connectivity index (χ1v) is 11.9. The van der Waals surface area contributed by atoms with Gasteiger partial charge in [-0.25, -0.2) is 4.98 Å². The molecule has 1 aromatic carbocycles. The maximum absolute atomic E-state index is 4.87. The van der Waals surface area contributed by atoms with Gasteiger partial charge in [0.05, 0.1) is 0 Å². The van der Waals surface area contributed by atoms with Gasteiger partial charge >= 0.3 is 0 Å². The number of anilines is 2. The molecular formula is C26H43N5. The second-order valence-electron chi connectivity index (χ2n) is 10.2. The third-order valence-electron chi connectivity index (χ3n) is 7.00. The SMILES string of the molecule is CCC(C)(CC)Nc1cccc(CNc2nc(C(C)(C)CC)nc(C(C)(C)CC)n2)c1. The molecule has 5 nitrogen and oxygen atoms in total. The van der Waals surface area contributed by atoms with Crippen LogP contribution >= 0.6 is 0 Å². The van der Waals surface area contributed by atoms with Crippen LogP contribution in [0.2, 0.25) is 0 Å². The summed E-state index contributed by atoms with van der Waals surface area (Å²) in [5.41, 5.74) is 2.29. The van der Waals surface area contributed by atoms with E-state index in [2.05, 4.69) is 97.2 Å². The molecule has 0 fully saturated rings. The number of hydrogen-bond donors (Lipinski definition) is 2. The average Bonchev–Trinajstić information content (AvgIpc) is 2.77. The van der Waals surface area contributed by atoms with Crippen LogP contribution in [-0.2, 0) is 17.4 Å². The van der Waals surface area contributed by atoms with E-state index in [1.54, 1.807) is 0 Å². The number of rotatable bonds is 11. The average molecular weight is 426 g/mol. The van der Waals surface area contributed by atoms with Crippen molar-refractivity contribution in [2.24, 2.45) is 0 Å². The lowest BCUT2D eigenvalue weighted by Gasteiger charge is -2.29. The van der Waals surface area contributed by atoms with Gasteiger partial charge in [0.25, 0.3) is 0 Å². The third-order valence-corrected chi connectivity index (χ3v) is 7.00. The van der Waals surface area contributed by atoms with Gasteiger partial charge < -0.3 is 10.6 Å². The quantitative estimate of drug-likeness (QED) is 0.412. The molecular weight excluding hydrogens is 382 g/mol. The normalized spacial score (nSPS) is 12.7. The van der Waals surface area contributed by atoms with E-state index in [4.69, 9.17) is 15.0 Å². The Morgan fingerprint density at radius 1 is 0.742 bits per heavy atom. The van der Waals surface area contributed by atoms with Crippen LogP contribution in [0.25, 0.3) is 0 Å². The number of nitrogens with zero attached hydrogens (tertiary/aromatic N) is 3. The highest BCUT2D eigenvalue weighted by Crippen LogP contribution is 2.29. The smallest absolute Gasteiger partial charge is 0.226 e. The van der Waals surface area contributed by atoms with Crippen molar-refractivity contribution in [2.45, 2.75) is 111 Å². The lowest BCUT2D eigenvalue weighted by Crippen LogP contribution is -2.32. The second-order valence-corrected chi connectivity index (χ2v) is 10.2. The van der Waals surface area contributed by atoms with Crippen molar-refractivity contribution in [1.82, 2.24) is 15.0 Å². The van der Waals surface area contributed by atoms with Crippen molar-refractivity contribution in [2.75, 3.05) is 10.6 Å². The van der Waals surface area contributed by atoms with E-state index in [0.717, 1.165) is 43.0 Å². The first kappa shape index (κ1) is 25.1. The molecule has 0 unspecified atom stereocenters. The van der Waals surface area contributed by atoms with Crippen molar-refractivity contribution in [3.63, 3.8) is 0 Å². The molecule has 172 valence electrons. The fraction of sp³-hybridized carbons (Fsp3) is 0.654. The van der Waals surface area contributed by atoms with Crippen molar-refractivity contribution in [3.05, 3.63) is 41.5 Å². The van der Waals surface area contributed by atoms with Gasteiger partial charge in [-0.3, -0.25) is 0 Å². The minimum atomic E-state index is -0.0907. The lowest BCUT2D eigenvalue weighted by atomic mass is 9.87. The maximum atomic E-state index is 4.87. The molecule has 0 saturated heterocycles. The first-order valence-electron chi connectivity index (χ1n) is 11.9. The number of nitrogens with one attached hydrogen (secondary N) is 2.